The van der Waals surface area contributed by atoms with E-state index in [0.29, 0.717) is 5.15 Å². The Bertz CT molecular complexity index is 632. The van der Waals surface area contributed by atoms with Crippen LogP contribution in [0.15, 0.2) is 48.9 Å². The molecule has 3 aromatic rings. The van der Waals surface area contributed by atoms with Crippen molar-refractivity contribution in [2.75, 3.05) is 0 Å². The summed E-state index contributed by atoms with van der Waals surface area (Å²) in [6.45, 7) is 0. The van der Waals surface area contributed by atoms with Gasteiger partial charge in [-0.05, 0) is 6.07 Å². The van der Waals surface area contributed by atoms with E-state index in [9.17, 15) is 0 Å². The maximum absolute atomic E-state index is 6.05. The van der Waals surface area contributed by atoms with Gasteiger partial charge in [-0.25, -0.2) is 9.67 Å². The predicted octanol–water partition coefficient (Wildman–Crippen LogP) is 3.07. The van der Waals surface area contributed by atoms with Crippen LogP contribution < -0.4 is 0 Å². The topological polar surface area (TPSA) is 30.7 Å². The van der Waals surface area contributed by atoms with Gasteiger partial charge in [0.25, 0.3) is 0 Å². The van der Waals surface area contributed by atoms with Crippen molar-refractivity contribution in [3.05, 3.63) is 54.1 Å². The fourth-order valence-electron chi connectivity index (χ4n) is 1.74. The van der Waals surface area contributed by atoms with E-state index in [2.05, 4.69) is 10.1 Å². The summed E-state index contributed by atoms with van der Waals surface area (Å²) in [6, 6.07) is 9.77. The fourth-order valence-corrected chi connectivity index (χ4v) is 1.95. The van der Waals surface area contributed by atoms with Gasteiger partial charge in [0.1, 0.15) is 5.15 Å². The maximum atomic E-state index is 6.05. The summed E-state index contributed by atoms with van der Waals surface area (Å²) in [7, 11) is 0. The lowest BCUT2D eigenvalue weighted by molar-refractivity contribution is 0.882. The Morgan fingerprint density at radius 1 is 1.06 bits per heavy atom. The Labute approximate surface area is 97.3 Å². The van der Waals surface area contributed by atoms with Gasteiger partial charge in [-0.2, -0.15) is 5.10 Å². The average Bonchev–Trinajstić information content (AvgIpc) is 2.83. The van der Waals surface area contributed by atoms with Gasteiger partial charge in [0, 0.05) is 23.2 Å². The highest BCUT2D eigenvalue weighted by molar-refractivity contribution is 6.34. The van der Waals surface area contributed by atoms with E-state index >= 15 is 0 Å². The summed E-state index contributed by atoms with van der Waals surface area (Å²) in [5.74, 6) is 0. The second-order valence-corrected chi connectivity index (χ2v) is 3.79. The first-order chi connectivity index (χ1) is 7.86. The normalized spacial score (nSPS) is 10.8. The summed E-state index contributed by atoms with van der Waals surface area (Å²) >= 11 is 6.05. The van der Waals surface area contributed by atoms with Crippen molar-refractivity contribution in [3.8, 4) is 5.69 Å². The van der Waals surface area contributed by atoms with E-state index < -0.39 is 0 Å². The van der Waals surface area contributed by atoms with E-state index in [1.807, 2.05) is 36.5 Å². The molecule has 16 heavy (non-hydrogen) atoms. The molecule has 0 aliphatic carbocycles. The smallest absolute Gasteiger partial charge is 0.136 e. The molecule has 0 amide bonds. The first-order valence-electron chi connectivity index (χ1n) is 4.89. The average molecular weight is 230 g/mol. The van der Waals surface area contributed by atoms with Crippen molar-refractivity contribution in [1.29, 1.82) is 0 Å². The maximum Gasteiger partial charge on any atom is 0.136 e. The molecule has 0 spiro atoms. The molecule has 0 saturated heterocycles. The lowest BCUT2D eigenvalue weighted by atomic mass is 10.1. The molecule has 3 rings (SSSR count). The summed E-state index contributed by atoms with van der Waals surface area (Å²) in [4.78, 5) is 4.17. The highest BCUT2D eigenvalue weighted by Gasteiger charge is 2.06. The van der Waals surface area contributed by atoms with Crippen molar-refractivity contribution in [1.82, 2.24) is 14.8 Å². The molecule has 2 aromatic heterocycles. The monoisotopic (exact) mass is 229 g/mol. The van der Waals surface area contributed by atoms with Gasteiger partial charge in [-0.15, -0.1) is 0 Å². The van der Waals surface area contributed by atoms with Gasteiger partial charge >= 0.3 is 0 Å². The quantitative estimate of drug-likeness (QED) is 0.601. The third-order valence-corrected chi connectivity index (χ3v) is 2.78. The second-order valence-electron chi connectivity index (χ2n) is 3.43. The molecule has 0 N–H and O–H groups in total. The van der Waals surface area contributed by atoms with Crippen LogP contribution in [0.25, 0.3) is 16.5 Å². The SMILES string of the molecule is Clc1ncc(-n2cccn2)c2ccccc12. The van der Waals surface area contributed by atoms with Crippen LogP contribution in [-0.4, -0.2) is 14.8 Å². The van der Waals surface area contributed by atoms with Crippen LogP contribution in [0, 0.1) is 0 Å². The van der Waals surface area contributed by atoms with E-state index in [1.54, 1.807) is 17.1 Å². The van der Waals surface area contributed by atoms with Gasteiger partial charge in [-0.1, -0.05) is 35.9 Å². The molecule has 0 radical (unpaired) electrons. The van der Waals surface area contributed by atoms with Crippen LogP contribution in [-0.2, 0) is 0 Å². The number of halogens is 1. The number of hydrogen-bond donors (Lipinski definition) is 0. The van der Waals surface area contributed by atoms with Crippen LogP contribution in [0.1, 0.15) is 0 Å². The zero-order valence-electron chi connectivity index (χ0n) is 8.34. The molecular weight excluding hydrogens is 222 g/mol. The molecule has 0 atom stereocenters. The minimum Gasteiger partial charge on any atom is -0.242 e. The summed E-state index contributed by atoms with van der Waals surface area (Å²) in [5.41, 5.74) is 0.935. The number of nitrogens with zero attached hydrogens (tertiary/aromatic N) is 3. The van der Waals surface area contributed by atoms with E-state index in [4.69, 9.17) is 11.6 Å². The molecule has 0 aliphatic heterocycles. The van der Waals surface area contributed by atoms with Crippen molar-refractivity contribution in [2.24, 2.45) is 0 Å². The van der Waals surface area contributed by atoms with Crippen LogP contribution in [0.2, 0.25) is 5.15 Å². The van der Waals surface area contributed by atoms with E-state index in [0.717, 1.165) is 16.5 Å². The lowest BCUT2D eigenvalue weighted by Crippen LogP contribution is -1.96. The van der Waals surface area contributed by atoms with E-state index in [1.165, 1.54) is 0 Å². The number of benzene rings is 1. The molecule has 0 bridgehead atoms. The van der Waals surface area contributed by atoms with E-state index in [-0.39, 0.29) is 0 Å². The van der Waals surface area contributed by atoms with Crippen molar-refractivity contribution < 1.29 is 0 Å². The second kappa shape index (κ2) is 3.61. The number of pyridine rings is 1. The summed E-state index contributed by atoms with van der Waals surface area (Å²) in [6.07, 6.45) is 5.36. The number of aromatic nitrogens is 3. The fraction of sp³-hybridized carbons (Fsp3) is 0. The molecule has 0 fully saturated rings. The highest BCUT2D eigenvalue weighted by Crippen LogP contribution is 2.25. The van der Waals surface area contributed by atoms with Gasteiger partial charge < -0.3 is 0 Å². The Morgan fingerprint density at radius 3 is 2.62 bits per heavy atom. The third kappa shape index (κ3) is 1.37. The van der Waals surface area contributed by atoms with Crippen molar-refractivity contribution in [2.45, 2.75) is 0 Å². The molecule has 3 nitrogen and oxygen atoms in total. The molecule has 78 valence electrons. The largest absolute Gasteiger partial charge is 0.242 e. The zero-order chi connectivity index (χ0) is 11.0. The van der Waals surface area contributed by atoms with Gasteiger partial charge in [-0.3, -0.25) is 0 Å². The van der Waals surface area contributed by atoms with Gasteiger partial charge in [0.2, 0.25) is 0 Å². The summed E-state index contributed by atoms with van der Waals surface area (Å²) in [5, 5.41) is 6.71. The van der Waals surface area contributed by atoms with Crippen LogP contribution >= 0.6 is 11.6 Å². The van der Waals surface area contributed by atoms with Gasteiger partial charge in [0.05, 0.1) is 11.9 Å². The lowest BCUT2D eigenvalue weighted by Gasteiger charge is -2.06. The summed E-state index contributed by atoms with van der Waals surface area (Å²) < 4.78 is 1.78. The molecule has 1 aromatic carbocycles. The first-order valence-corrected chi connectivity index (χ1v) is 5.27. The predicted molar refractivity (Wildman–Crippen MR) is 63.9 cm³/mol. The Hall–Kier alpha value is -1.87. The Balaban J connectivity index is 2.39. The van der Waals surface area contributed by atoms with Gasteiger partial charge in [0.15, 0.2) is 0 Å². The molecule has 0 aliphatic rings. The minimum absolute atomic E-state index is 0.520. The number of rotatable bonds is 1. The molecule has 4 heteroatoms. The molecule has 0 unspecified atom stereocenters. The Morgan fingerprint density at radius 2 is 1.88 bits per heavy atom. The Kier molecular flexibility index (Phi) is 2.11. The molecule has 0 saturated carbocycles. The molecule has 2 heterocycles. The standard InChI is InChI=1S/C12H8ClN3/c13-12-10-5-2-1-4-9(10)11(8-14-12)16-7-3-6-15-16/h1-8H. The van der Waals surface area contributed by atoms with Crippen LogP contribution in [0.4, 0.5) is 0 Å². The van der Waals surface area contributed by atoms with Crippen molar-refractivity contribution >= 4 is 22.4 Å². The molecular formula is C12H8ClN3. The minimum atomic E-state index is 0.520. The first kappa shape index (κ1) is 9.36. The number of fused-ring (bicyclic) bond motifs is 1. The van der Waals surface area contributed by atoms with Crippen LogP contribution in [0.3, 0.4) is 0 Å². The van der Waals surface area contributed by atoms with Crippen LogP contribution in [0.5, 0.6) is 0 Å². The third-order valence-electron chi connectivity index (χ3n) is 2.48. The highest BCUT2D eigenvalue weighted by atomic mass is 35.5. The number of hydrogen-bond acceptors (Lipinski definition) is 2. The van der Waals surface area contributed by atoms with Crippen molar-refractivity contribution in [3.63, 3.8) is 0 Å². The zero-order valence-corrected chi connectivity index (χ0v) is 9.09.